The SMILES string of the molecule is CC1CCC2CCC3(N)C4CCC(C#N)C4(C)CC(O)C3C2(C)C1. The number of nitrogens with zero attached hydrogens (tertiary/aromatic N) is 1. The number of hydrogen-bond donors (Lipinski definition) is 2. The van der Waals surface area contributed by atoms with E-state index in [9.17, 15) is 10.4 Å². The van der Waals surface area contributed by atoms with E-state index in [1.807, 2.05) is 0 Å². The fourth-order valence-corrected chi connectivity index (χ4v) is 8.26. The molecule has 0 aromatic rings. The van der Waals surface area contributed by atoms with Crippen LogP contribution in [0.4, 0.5) is 0 Å². The summed E-state index contributed by atoms with van der Waals surface area (Å²) in [6.07, 6.45) is 8.58. The number of nitriles is 1. The van der Waals surface area contributed by atoms with Crippen molar-refractivity contribution in [3.63, 3.8) is 0 Å². The highest BCUT2D eigenvalue weighted by Crippen LogP contribution is 2.68. The molecule has 0 aliphatic heterocycles. The zero-order valence-electron chi connectivity index (χ0n) is 15.6. The fraction of sp³-hybridized carbons (Fsp3) is 0.952. The van der Waals surface area contributed by atoms with Crippen LogP contribution in [-0.4, -0.2) is 16.7 Å². The van der Waals surface area contributed by atoms with E-state index in [4.69, 9.17) is 5.73 Å². The van der Waals surface area contributed by atoms with Crippen molar-refractivity contribution in [2.24, 2.45) is 46.2 Å². The lowest BCUT2D eigenvalue weighted by Crippen LogP contribution is -2.71. The van der Waals surface area contributed by atoms with Crippen LogP contribution in [0.15, 0.2) is 0 Å². The van der Waals surface area contributed by atoms with E-state index in [1.165, 1.54) is 25.7 Å². The third-order valence-electron chi connectivity index (χ3n) is 9.12. The minimum absolute atomic E-state index is 0.0642. The third-order valence-corrected chi connectivity index (χ3v) is 9.12. The molecule has 0 aromatic heterocycles. The molecule has 3 heteroatoms. The molecule has 9 atom stereocenters. The molecule has 4 fully saturated rings. The van der Waals surface area contributed by atoms with E-state index in [2.05, 4.69) is 26.8 Å². The highest BCUT2D eigenvalue weighted by atomic mass is 16.3. The number of nitrogens with two attached hydrogens (primary N) is 1. The van der Waals surface area contributed by atoms with Gasteiger partial charge in [-0.05, 0) is 73.5 Å². The van der Waals surface area contributed by atoms with Crippen molar-refractivity contribution in [3.05, 3.63) is 0 Å². The predicted octanol–water partition coefficient (Wildman–Crippen LogP) is 3.86. The summed E-state index contributed by atoms with van der Waals surface area (Å²) in [6.45, 7) is 7.04. The maximum atomic E-state index is 11.3. The summed E-state index contributed by atoms with van der Waals surface area (Å²) >= 11 is 0. The second-order valence-corrected chi connectivity index (χ2v) is 10.3. The number of rotatable bonds is 0. The first-order valence-corrected chi connectivity index (χ1v) is 10.1. The Morgan fingerprint density at radius 1 is 1.04 bits per heavy atom. The summed E-state index contributed by atoms with van der Waals surface area (Å²) in [4.78, 5) is 0. The molecule has 0 saturated heterocycles. The average molecular weight is 331 g/mol. The van der Waals surface area contributed by atoms with Crippen molar-refractivity contribution in [3.8, 4) is 6.07 Å². The largest absolute Gasteiger partial charge is 0.393 e. The van der Waals surface area contributed by atoms with Gasteiger partial charge in [0.2, 0.25) is 0 Å². The van der Waals surface area contributed by atoms with E-state index in [0.717, 1.165) is 37.5 Å². The minimum atomic E-state index is -0.344. The lowest BCUT2D eigenvalue weighted by atomic mass is 9.41. The third kappa shape index (κ3) is 1.96. The highest BCUT2D eigenvalue weighted by molar-refractivity contribution is 5.22. The van der Waals surface area contributed by atoms with Crippen LogP contribution in [-0.2, 0) is 0 Å². The van der Waals surface area contributed by atoms with Crippen LogP contribution >= 0.6 is 0 Å². The number of aliphatic hydroxyl groups excluding tert-OH is 1. The molecule has 0 amide bonds. The zero-order valence-corrected chi connectivity index (χ0v) is 15.6. The molecule has 0 bridgehead atoms. The lowest BCUT2D eigenvalue weighted by Gasteiger charge is -2.66. The van der Waals surface area contributed by atoms with Crippen molar-refractivity contribution in [2.75, 3.05) is 0 Å². The standard InChI is InChI=1S/C21H34N2O/c1-13-4-5-14-8-9-21(23)17-7-6-15(12-22)19(17,2)11-16(24)18(21)20(14,3)10-13/h13-18,24H,4-11,23H2,1-3H3. The Bertz CT molecular complexity index is 571. The van der Waals surface area contributed by atoms with Crippen molar-refractivity contribution < 1.29 is 5.11 Å². The molecule has 0 spiro atoms. The van der Waals surface area contributed by atoms with E-state index in [-0.39, 0.29) is 34.3 Å². The van der Waals surface area contributed by atoms with Crippen molar-refractivity contribution in [1.29, 1.82) is 5.26 Å². The van der Waals surface area contributed by atoms with Crippen LogP contribution in [0, 0.1) is 51.8 Å². The summed E-state index contributed by atoms with van der Waals surface area (Å²) in [6, 6.07) is 2.54. The second kappa shape index (κ2) is 5.21. The molecule has 9 unspecified atom stereocenters. The highest BCUT2D eigenvalue weighted by Gasteiger charge is 2.68. The van der Waals surface area contributed by atoms with E-state index in [0.29, 0.717) is 5.92 Å². The maximum Gasteiger partial charge on any atom is 0.0661 e. The van der Waals surface area contributed by atoms with Gasteiger partial charge < -0.3 is 10.8 Å². The molecule has 3 nitrogen and oxygen atoms in total. The Balaban J connectivity index is 1.76. The Kier molecular flexibility index (Phi) is 3.66. The predicted molar refractivity (Wildman–Crippen MR) is 94.8 cm³/mol. The summed E-state index contributed by atoms with van der Waals surface area (Å²) in [5, 5.41) is 20.9. The van der Waals surface area contributed by atoms with E-state index in [1.54, 1.807) is 0 Å². The summed E-state index contributed by atoms with van der Waals surface area (Å²) in [5.74, 6) is 2.14. The van der Waals surface area contributed by atoms with Crippen LogP contribution in [0.25, 0.3) is 0 Å². The number of hydrogen-bond acceptors (Lipinski definition) is 3. The van der Waals surface area contributed by atoms with Crippen molar-refractivity contribution >= 4 is 0 Å². The zero-order chi connectivity index (χ0) is 17.3. The van der Waals surface area contributed by atoms with Gasteiger partial charge in [-0.15, -0.1) is 0 Å². The normalized spacial score (nSPS) is 59.8. The van der Waals surface area contributed by atoms with Crippen LogP contribution < -0.4 is 5.73 Å². The molecule has 4 rings (SSSR count). The van der Waals surface area contributed by atoms with E-state index < -0.39 is 0 Å². The van der Waals surface area contributed by atoms with Gasteiger partial charge in [0.05, 0.1) is 18.1 Å². The van der Waals surface area contributed by atoms with Crippen LogP contribution in [0.5, 0.6) is 0 Å². The molecule has 0 aromatic carbocycles. The maximum absolute atomic E-state index is 11.3. The molecule has 3 N–H and O–H groups in total. The molecule has 0 heterocycles. The summed E-state index contributed by atoms with van der Waals surface area (Å²) in [5.41, 5.74) is 7.02. The van der Waals surface area contributed by atoms with Crippen LogP contribution in [0.2, 0.25) is 0 Å². The number of fused-ring (bicyclic) bond motifs is 5. The van der Waals surface area contributed by atoms with Gasteiger partial charge in [-0.25, -0.2) is 0 Å². The molecular formula is C21H34N2O. The molecule has 24 heavy (non-hydrogen) atoms. The van der Waals surface area contributed by atoms with Gasteiger partial charge in [0.1, 0.15) is 0 Å². The molecule has 4 saturated carbocycles. The Morgan fingerprint density at radius 2 is 1.79 bits per heavy atom. The van der Waals surface area contributed by atoms with Gasteiger partial charge in [0.15, 0.2) is 0 Å². The van der Waals surface area contributed by atoms with Crippen LogP contribution in [0.1, 0.15) is 72.1 Å². The first-order chi connectivity index (χ1) is 11.3. The molecular weight excluding hydrogens is 296 g/mol. The topological polar surface area (TPSA) is 70.0 Å². The van der Waals surface area contributed by atoms with Gasteiger partial charge in [-0.1, -0.05) is 27.2 Å². The van der Waals surface area contributed by atoms with Crippen molar-refractivity contribution in [2.45, 2.75) is 83.8 Å². The Morgan fingerprint density at radius 3 is 2.50 bits per heavy atom. The summed E-state index contributed by atoms with van der Waals surface area (Å²) < 4.78 is 0. The van der Waals surface area contributed by atoms with Gasteiger partial charge in [-0.3, -0.25) is 0 Å². The Hall–Kier alpha value is -0.590. The average Bonchev–Trinajstić information content (AvgIpc) is 2.82. The minimum Gasteiger partial charge on any atom is -0.393 e. The van der Waals surface area contributed by atoms with Gasteiger partial charge in [0.25, 0.3) is 0 Å². The van der Waals surface area contributed by atoms with Gasteiger partial charge in [-0.2, -0.15) is 5.26 Å². The Labute approximate surface area is 147 Å². The fourth-order valence-electron chi connectivity index (χ4n) is 8.26. The molecule has 4 aliphatic carbocycles. The molecule has 134 valence electrons. The first kappa shape index (κ1) is 16.9. The van der Waals surface area contributed by atoms with Crippen molar-refractivity contribution in [1.82, 2.24) is 0 Å². The number of aliphatic hydroxyl groups is 1. The smallest absolute Gasteiger partial charge is 0.0661 e. The van der Waals surface area contributed by atoms with E-state index >= 15 is 0 Å². The molecule has 4 aliphatic rings. The van der Waals surface area contributed by atoms with Gasteiger partial charge in [0, 0.05) is 11.5 Å². The molecule has 0 radical (unpaired) electrons. The second-order valence-electron chi connectivity index (χ2n) is 10.3. The first-order valence-electron chi connectivity index (χ1n) is 10.1. The summed E-state index contributed by atoms with van der Waals surface area (Å²) in [7, 11) is 0. The lowest BCUT2D eigenvalue weighted by molar-refractivity contribution is -0.182. The van der Waals surface area contributed by atoms with Crippen LogP contribution in [0.3, 0.4) is 0 Å². The quantitative estimate of drug-likeness (QED) is 0.708. The monoisotopic (exact) mass is 330 g/mol. The van der Waals surface area contributed by atoms with Gasteiger partial charge >= 0.3 is 0 Å².